The van der Waals surface area contributed by atoms with Crippen molar-refractivity contribution in [2.75, 3.05) is 13.2 Å². The van der Waals surface area contributed by atoms with E-state index >= 15 is 0 Å². The van der Waals surface area contributed by atoms with Gasteiger partial charge in [0.25, 0.3) is 0 Å². The van der Waals surface area contributed by atoms with Crippen LogP contribution in [-0.4, -0.2) is 24.3 Å². The molecule has 1 rings (SSSR count). The summed E-state index contributed by atoms with van der Waals surface area (Å²) in [4.78, 5) is 11.1. The van der Waals surface area contributed by atoms with Crippen LogP contribution in [0.25, 0.3) is 0 Å². The van der Waals surface area contributed by atoms with Crippen LogP contribution in [0, 0.1) is 5.82 Å². The first kappa shape index (κ1) is 13.4. The summed E-state index contributed by atoms with van der Waals surface area (Å²) >= 11 is 0. The smallest absolute Gasteiger partial charge is 0.344 e. The lowest BCUT2D eigenvalue weighted by Gasteiger charge is -2.12. The molecule has 5 heteroatoms. The SMILES string of the molecule is CCOC(=O)COc1cc(F)ccc1C(C)O. The van der Waals surface area contributed by atoms with Crippen molar-refractivity contribution in [2.24, 2.45) is 0 Å². The van der Waals surface area contributed by atoms with Gasteiger partial charge in [-0.3, -0.25) is 0 Å². The summed E-state index contributed by atoms with van der Waals surface area (Å²) in [6, 6.07) is 3.76. The third-order valence-electron chi connectivity index (χ3n) is 2.08. The average molecular weight is 242 g/mol. The van der Waals surface area contributed by atoms with Gasteiger partial charge < -0.3 is 14.6 Å². The number of carbonyl (C=O) groups is 1. The largest absolute Gasteiger partial charge is 0.481 e. The van der Waals surface area contributed by atoms with E-state index in [1.807, 2.05) is 0 Å². The highest BCUT2D eigenvalue weighted by Gasteiger charge is 2.12. The quantitative estimate of drug-likeness (QED) is 0.800. The minimum absolute atomic E-state index is 0.146. The zero-order valence-electron chi connectivity index (χ0n) is 9.77. The second-order valence-corrected chi connectivity index (χ2v) is 3.45. The Kier molecular flexibility index (Phi) is 4.90. The van der Waals surface area contributed by atoms with Crippen LogP contribution >= 0.6 is 0 Å². The lowest BCUT2D eigenvalue weighted by molar-refractivity contribution is -0.145. The van der Waals surface area contributed by atoms with Gasteiger partial charge in [0.2, 0.25) is 0 Å². The van der Waals surface area contributed by atoms with Crippen LogP contribution in [0.4, 0.5) is 4.39 Å². The molecule has 1 unspecified atom stereocenters. The molecule has 1 aromatic carbocycles. The maximum atomic E-state index is 13.0. The van der Waals surface area contributed by atoms with E-state index in [9.17, 15) is 14.3 Å². The molecule has 0 aliphatic rings. The molecule has 0 aliphatic heterocycles. The third-order valence-corrected chi connectivity index (χ3v) is 2.08. The Balaban J connectivity index is 2.75. The highest BCUT2D eigenvalue weighted by molar-refractivity contribution is 5.71. The molecule has 0 bridgehead atoms. The van der Waals surface area contributed by atoms with Gasteiger partial charge >= 0.3 is 5.97 Å². The van der Waals surface area contributed by atoms with Crippen LogP contribution in [0.5, 0.6) is 5.75 Å². The monoisotopic (exact) mass is 242 g/mol. The molecule has 4 nitrogen and oxygen atoms in total. The Bertz CT molecular complexity index is 390. The van der Waals surface area contributed by atoms with Crippen molar-refractivity contribution in [1.29, 1.82) is 0 Å². The summed E-state index contributed by atoms with van der Waals surface area (Å²) < 4.78 is 22.8. The van der Waals surface area contributed by atoms with Gasteiger partial charge in [-0.25, -0.2) is 9.18 Å². The topological polar surface area (TPSA) is 55.8 Å². The number of halogens is 1. The summed E-state index contributed by atoms with van der Waals surface area (Å²) in [5.74, 6) is -0.880. The van der Waals surface area contributed by atoms with Crippen molar-refractivity contribution < 1.29 is 23.8 Å². The van der Waals surface area contributed by atoms with Gasteiger partial charge in [0.15, 0.2) is 6.61 Å². The predicted molar refractivity (Wildman–Crippen MR) is 59.2 cm³/mol. The molecule has 94 valence electrons. The Labute approximate surface area is 99.0 Å². The molecule has 0 aromatic heterocycles. The van der Waals surface area contributed by atoms with E-state index in [4.69, 9.17) is 4.74 Å². The van der Waals surface area contributed by atoms with Crippen LogP contribution in [0.2, 0.25) is 0 Å². The van der Waals surface area contributed by atoms with Gasteiger partial charge in [0.05, 0.1) is 12.7 Å². The van der Waals surface area contributed by atoms with Crippen molar-refractivity contribution in [3.63, 3.8) is 0 Å². The number of ether oxygens (including phenoxy) is 2. The molecule has 1 N–H and O–H groups in total. The standard InChI is InChI=1S/C12H15FO4/c1-3-16-12(15)7-17-11-6-9(13)4-5-10(11)8(2)14/h4-6,8,14H,3,7H2,1-2H3. The highest BCUT2D eigenvalue weighted by atomic mass is 19.1. The van der Waals surface area contributed by atoms with E-state index in [0.29, 0.717) is 5.56 Å². The fourth-order valence-corrected chi connectivity index (χ4v) is 1.32. The van der Waals surface area contributed by atoms with Crippen molar-refractivity contribution >= 4 is 5.97 Å². The van der Waals surface area contributed by atoms with E-state index in [0.717, 1.165) is 6.07 Å². The zero-order valence-corrected chi connectivity index (χ0v) is 9.77. The Morgan fingerprint density at radius 2 is 2.24 bits per heavy atom. The molecular formula is C12H15FO4. The number of benzene rings is 1. The zero-order chi connectivity index (χ0) is 12.8. The minimum atomic E-state index is -0.798. The van der Waals surface area contributed by atoms with Gasteiger partial charge in [0, 0.05) is 11.6 Å². The maximum absolute atomic E-state index is 13.0. The minimum Gasteiger partial charge on any atom is -0.481 e. The van der Waals surface area contributed by atoms with Gasteiger partial charge in [-0.15, -0.1) is 0 Å². The van der Waals surface area contributed by atoms with Crippen LogP contribution in [0.3, 0.4) is 0 Å². The molecule has 1 atom stereocenters. The van der Waals surface area contributed by atoms with E-state index in [2.05, 4.69) is 4.74 Å². The highest BCUT2D eigenvalue weighted by Crippen LogP contribution is 2.25. The van der Waals surface area contributed by atoms with Gasteiger partial charge in [-0.05, 0) is 26.0 Å². The molecule has 0 heterocycles. The number of rotatable bonds is 5. The summed E-state index contributed by atoms with van der Waals surface area (Å²) in [5.41, 5.74) is 0.427. The number of carbonyl (C=O) groups excluding carboxylic acids is 1. The Morgan fingerprint density at radius 1 is 1.53 bits per heavy atom. The van der Waals surface area contributed by atoms with Gasteiger partial charge in [-0.2, -0.15) is 0 Å². The van der Waals surface area contributed by atoms with Crippen LogP contribution in [-0.2, 0) is 9.53 Å². The summed E-state index contributed by atoms with van der Waals surface area (Å²) in [7, 11) is 0. The predicted octanol–water partition coefficient (Wildman–Crippen LogP) is 1.82. The lowest BCUT2D eigenvalue weighted by atomic mass is 10.1. The van der Waals surface area contributed by atoms with Gasteiger partial charge in [-0.1, -0.05) is 0 Å². The second kappa shape index (κ2) is 6.20. The number of aliphatic hydroxyl groups is 1. The molecule has 0 fully saturated rings. The first-order chi connectivity index (χ1) is 8.04. The van der Waals surface area contributed by atoms with E-state index in [1.54, 1.807) is 6.92 Å². The summed E-state index contributed by atoms with van der Waals surface area (Å²) in [6.45, 7) is 3.16. The fraction of sp³-hybridized carbons (Fsp3) is 0.417. The van der Waals surface area contributed by atoms with Crippen molar-refractivity contribution in [3.05, 3.63) is 29.6 Å². The van der Waals surface area contributed by atoms with Crippen molar-refractivity contribution in [1.82, 2.24) is 0 Å². The van der Waals surface area contributed by atoms with E-state index in [1.165, 1.54) is 19.1 Å². The molecule has 0 saturated heterocycles. The molecule has 0 saturated carbocycles. The normalized spacial score (nSPS) is 12.0. The van der Waals surface area contributed by atoms with Crippen LogP contribution in [0.1, 0.15) is 25.5 Å². The molecule has 0 amide bonds. The molecule has 0 spiro atoms. The van der Waals surface area contributed by atoms with Crippen LogP contribution < -0.4 is 4.74 Å². The van der Waals surface area contributed by atoms with Crippen LogP contribution in [0.15, 0.2) is 18.2 Å². The first-order valence-electron chi connectivity index (χ1n) is 5.30. The summed E-state index contributed by atoms with van der Waals surface area (Å²) in [6.07, 6.45) is -0.798. The molecule has 0 aliphatic carbocycles. The molecular weight excluding hydrogens is 227 g/mol. The number of aliphatic hydroxyl groups excluding tert-OH is 1. The van der Waals surface area contributed by atoms with E-state index < -0.39 is 17.9 Å². The average Bonchev–Trinajstić information content (AvgIpc) is 2.26. The Hall–Kier alpha value is -1.62. The number of esters is 1. The van der Waals surface area contributed by atoms with E-state index in [-0.39, 0.29) is 19.0 Å². The number of hydrogen-bond acceptors (Lipinski definition) is 4. The number of hydrogen-bond donors (Lipinski definition) is 1. The van der Waals surface area contributed by atoms with Crippen molar-refractivity contribution in [3.8, 4) is 5.75 Å². The lowest BCUT2D eigenvalue weighted by Crippen LogP contribution is -2.15. The molecule has 0 radical (unpaired) electrons. The second-order valence-electron chi connectivity index (χ2n) is 3.45. The molecule has 17 heavy (non-hydrogen) atoms. The van der Waals surface area contributed by atoms with Crippen molar-refractivity contribution in [2.45, 2.75) is 20.0 Å². The maximum Gasteiger partial charge on any atom is 0.344 e. The van der Waals surface area contributed by atoms with Gasteiger partial charge in [0.1, 0.15) is 11.6 Å². The molecule has 1 aromatic rings. The fourth-order valence-electron chi connectivity index (χ4n) is 1.32. The third kappa shape index (κ3) is 4.03. The summed E-state index contributed by atoms with van der Waals surface area (Å²) in [5, 5.41) is 9.45. The first-order valence-corrected chi connectivity index (χ1v) is 5.30. The Morgan fingerprint density at radius 3 is 2.82 bits per heavy atom.